The van der Waals surface area contributed by atoms with Crippen LogP contribution in [0.3, 0.4) is 0 Å². The number of aliphatic carboxylic acids is 1. The van der Waals surface area contributed by atoms with E-state index in [2.05, 4.69) is 21.3 Å². The Balaban J connectivity index is 1.34. The average Bonchev–Trinajstić information content (AvgIpc) is 3.27. The van der Waals surface area contributed by atoms with Crippen LogP contribution in [0, 0.1) is 5.92 Å². The standard InChI is InChI=1S/C49H50N4O8/c1-61-40-14-8-13-37(30-40)36-20-15-35(16-21-36)29-43-48(58)52-42(28-33-11-6-3-7-12-33)44(54)31-38(49(59)60)27-34-17-22-39(23-18-34)50-45(55)25-26-46(56)51-41(47(57)53-43)24-19-32-9-4-2-5-10-32/h2-18,20-23,30,38,41-43H,19,24-29,31H2,1H3,(H,50,55)(H,51,56)(H,52,58)(H,53,57)(H,59,60)/t38-,41-,42-,43+/m1/s1. The van der Waals surface area contributed by atoms with Crippen molar-refractivity contribution in [2.45, 2.75) is 69.5 Å². The number of fused-ring (bicyclic) bond motifs is 18. The van der Waals surface area contributed by atoms with Gasteiger partial charge < -0.3 is 31.1 Å². The van der Waals surface area contributed by atoms with Gasteiger partial charge in [-0.1, -0.05) is 109 Å². The number of methoxy groups -OCH3 is 1. The molecule has 0 unspecified atom stereocenters. The lowest BCUT2D eigenvalue weighted by Gasteiger charge is -2.26. The number of ether oxygens (including phenoxy) is 1. The third-order valence-electron chi connectivity index (χ3n) is 10.7. The van der Waals surface area contributed by atoms with Gasteiger partial charge in [-0.25, -0.2) is 0 Å². The second-order valence-corrected chi connectivity index (χ2v) is 15.2. The van der Waals surface area contributed by atoms with Crippen LogP contribution in [-0.2, 0) is 54.5 Å². The van der Waals surface area contributed by atoms with E-state index in [0.717, 1.165) is 22.3 Å². The van der Waals surface area contributed by atoms with E-state index in [4.69, 9.17) is 4.74 Å². The molecule has 4 atom stereocenters. The number of nitrogens with one attached hydrogen (secondary N) is 4. The van der Waals surface area contributed by atoms with E-state index in [-0.39, 0.29) is 44.9 Å². The number of ketones is 1. The first-order chi connectivity index (χ1) is 29.5. The Bertz CT molecular complexity index is 2300. The minimum atomic E-state index is -1.22. The topological polar surface area (TPSA) is 180 Å². The number of hydrogen-bond acceptors (Lipinski definition) is 7. The SMILES string of the molecule is COc1cccc(-c2ccc(C[C@@H]3NC(=O)[C@@H](CCc4ccccc4)NC(=O)CCC(=O)Nc4ccc(cc4)C[C@@H](C(=O)O)CC(=O)[C@@H](Cc4ccccc4)NC3=O)cc2)c1. The molecule has 12 nitrogen and oxygen atoms in total. The number of aryl methyl sites for hydroxylation is 1. The summed E-state index contributed by atoms with van der Waals surface area (Å²) in [4.78, 5) is 81.8. The van der Waals surface area contributed by atoms with Crippen molar-refractivity contribution >= 4 is 41.1 Å². The van der Waals surface area contributed by atoms with Crippen molar-refractivity contribution in [3.05, 3.63) is 156 Å². The molecule has 12 heteroatoms. The maximum absolute atomic E-state index is 14.5. The monoisotopic (exact) mass is 822 g/mol. The van der Waals surface area contributed by atoms with Crippen molar-refractivity contribution in [3.8, 4) is 16.9 Å². The first kappa shape index (κ1) is 43.5. The van der Waals surface area contributed by atoms with Gasteiger partial charge >= 0.3 is 5.97 Å². The number of amides is 4. The molecule has 2 aliphatic heterocycles. The van der Waals surface area contributed by atoms with E-state index in [1.807, 2.05) is 109 Å². The normalized spacial score (nSPS) is 19.4. The Kier molecular flexibility index (Phi) is 15.2. The van der Waals surface area contributed by atoms with Crippen molar-refractivity contribution in [2.75, 3.05) is 12.4 Å². The number of rotatable bonds is 10. The van der Waals surface area contributed by atoms with Gasteiger partial charge in [-0.05, 0) is 83.3 Å². The van der Waals surface area contributed by atoms with E-state index in [1.54, 1.807) is 31.4 Å². The summed E-state index contributed by atoms with van der Waals surface area (Å²) in [5.41, 5.74) is 5.29. The summed E-state index contributed by atoms with van der Waals surface area (Å²) in [6.07, 6.45) is 0.00693. The number of hydrogen-bond donors (Lipinski definition) is 5. The Hall–Kier alpha value is -7.08. The molecule has 314 valence electrons. The van der Waals surface area contributed by atoms with Crippen molar-refractivity contribution in [3.63, 3.8) is 0 Å². The largest absolute Gasteiger partial charge is 0.497 e. The van der Waals surface area contributed by atoms with Crippen LogP contribution in [0.15, 0.2) is 133 Å². The molecule has 5 aromatic carbocycles. The Morgan fingerprint density at radius 3 is 1.89 bits per heavy atom. The summed E-state index contributed by atoms with van der Waals surface area (Å²) in [7, 11) is 1.60. The maximum atomic E-state index is 14.5. The minimum Gasteiger partial charge on any atom is -0.497 e. The van der Waals surface area contributed by atoms with Crippen molar-refractivity contribution < 1.29 is 38.6 Å². The predicted octanol–water partition coefficient (Wildman–Crippen LogP) is 5.87. The highest BCUT2D eigenvalue weighted by molar-refractivity contribution is 5.97. The molecule has 5 aromatic rings. The molecule has 7 rings (SSSR count). The smallest absolute Gasteiger partial charge is 0.307 e. The lowest BCUT2D eigenvalue weighted by molar-refractivity contribution is -0.144. The molecule has 2 heterocycles. The molecular formula is C49H50N4O8. The van der Waals surface area contributed by atoms with Crippen LogP contribution < -0.4 is 26.0 Å². The van der Waals surface area contributed by atoms with Crippen LogP contribution in [-0.4, -0.2) is 65.7 Å². The summed E-state index contributed by atoms with van der Waals surface area (Å²) in [5.74, 6) is -4.29. The van der Waals surface area contributed by atoms with Crippen LogP contribution in [0.4, 0.5) is 5.69 Å². The lowest BCUT2D eigenvalue weighted by Crippen LogP contribution is -2.57. The zero-order valence-corrected chi connectivity index (χ0v) is 34.0. The molecule has 0 saturated heterocycles. The number of Topliss-reactive ketones (excluding diaryl/α,β-unsaturated/α-hetero) is 1. The maximum Gasteiger partial charge on any atom is 0.307 e. The Labute approximate surface area is 355 Å². The van der Waals surface area contributed by atoms with Crippen LogP contribution in [0.1, 0.15) is 47.9 Å². The van der Waals surface area contributed by atoms with Crippen LogP contribution in [0.2, 0.25) is 0 Å². The first-order valence-electron chi connectivity index (χ1n) is 20.4. The van der Waals surface area contributed by atoms with Gasteiger partial charge in [0.2, 0.25) is 23.6 Å². The summed E-state index contributed by atoms with van der Waals surface area (Å²) in [6, 6.07) is 36.8. The van der Waals surface area contributed by atoms with E-state index < -0.39 is 59.4 Å². The highest BCUT2D eigenvalue weighted by Gasteiger charge is 2.32. The van der Waals surface area contributed by atoms with Gasteiger partial charge in [0.1, 0.15) is 17.8 Å². The predicted molar refractivity (Wildman–Crippen MR) is 232 cm³/mol. The molecule has 0 saturated carbocycles. The second kappa shape index (κ2) is 21.3. The highest BCUT2D eigenvalue weighted by atomic mass is 16.5. The van der Waals surface area contributed by atoms with E-state index in [9.17, 15) is 33.9 Å². The zero-order chi connectivity index (χ0) is 43.1. The molecule has 0 spiro atoms. The van der Waals surface area contributed by atoms with Gasteiger partial charge in [0, 0.05) is 31.4 Å². The summed E-state index contributed by atoms with van der Waals surface area (Å²) in [6.45, 7) is 0. The number of carbonyl (C=O) groups is 6. The van der Waals surface area contributed by atoms with Gasteiger partial charge in [0.15, 0.2) is 5.78 Å². The van der Waals surface area contributed by atoms with E-state index in [1.165, 1.54) is 0 Å². The van der Waals surface area contributed by atoms with Crippen LogP contribution >= 0.6 is 0 Å². The molecule has 2 bridgehead atoms. The summed E-state index contributed by atoms with van der Waals surface area (Å²) >= 11 is 0. The number of benzene rings is 5. The third kappa shape index (κ3) is 13.0. The number of anilines is 1. The molecule has 2 aliphatic rings. The number of carboxylic acid groups (broad SMARTS) is 1. The second-order valence-electron chi connectivity index (χ2n) is 15.2. The van der Waals surface area contributed by atoms with E-state index >= 15 is 0 Å². The molecule has 0 aromatic heterocycles. The van der Waals surface area contributed by atoms with Gasteiger partial charge in [-0.15, -0.1) is 0 Å². The van der Waals surface area contributed by atoms with Gasteiger partial charge in [0.25, 0.3) is 0 Å². The molecule has 0 aliphatic carbocycles. The van der Waals surface area contributed by atoms with Crippen molar-refractivity contribution in [1.82, 2.24) is 16.0 Å². The molecular weight excluding hydrogens is 773 g/mol. The lowest BCUT2D eigenvalue weighted by atomic mass is 9.90. The summed E-state index contributed by atoms with van der Waals surface area (Å²) < 4.78 is 5.39. The molecule has 4 amide bonds. The zero-order valence-electron chi connectivity index (χ0n) is 34.0. The molecule has 0 fully saturated rings. The Morgan fingerprint density at radius 2 is 1.21 bits per heavy atom. The highest BCUT2D eigenvalue weighted by Crippen LogP contribution is 2.25. The van der Waals surface area contributed by atoms with Crippen LogP contribution in [0.25, 0.3) is 11.1 Å². The first-order valence-corrected chi connectivity index (χ1v) is 20.4. The summed E-state index contributed by atoms with van der Waals surface area (Å²) in [5, 5.41) is 21.6. The number of carbonyl (C=O) groups excluding carboxylic acids is 5. The molecule has 61 heavy (non-hydrogen) atoms. The quantitative estimate of drug-likeness (QED) is 0.109. The fourth-order valence-electron chi connectivity index (χ4n) is 7.30. The van der Waals surface area contributed by atoms with E-state index in [0.29, 0.717) is 29.0 Å². The fourth-order valence-corrected chi connectivity index (χ4v) is 7.30. The van der Waals surface area contributed by atoms with Gasteiger partial charge in [-0.2, -0.15) is 0 Å². The van der Waals surface area contributed by atoms with Gasteiger partial charge in [0.05, 0.1) is 19.1 Å². The van der Waals surface area contributed by atoms with Crippen molar-refractivity contribution in [2.24, 2.45) is 5.92 Å². The minimum absolute atomic E-state index is 0.0231. The Morgan fingerprint density at radius 1 is 0.607 bits per heavy atom. The molecule has 5 N–H and O–H groups in total. The van der Waals surface area contributed by atoms with Gasteiger partial charge in [-0.3, -0.25) is 28.8 Å². The average molecular weight is 823 g/mol. The fraction of sp³-hybridized carbons (Fsp3) is 0.265. The molecule has 0 radical (unpaired) electrons. The van der Waals surface area contributed by atoms with Crippen LogP contribution in [0.5, 0.6) is 5.75 Å². The number of carboxylic acids is 1. The third-order valence-corrected chi connectivity index (χ3v) is 10.7. The van der Waals surface area contributed by atoms with Crippen molar-refractivity contribution in [1.29, 1.82) is 0 Å².